The lowest BCUT2D eigenvalue weighted by Gasteiger charge is -2.09. The number of oxazole rings is 1. The number of rotatable bonds is 3. The zero-order chi connectivity index (χ0) is 14.1. The zero-order valence-electron chi connectivity index (χ0n) is 11.2. The van der Waals surface area contributed by atoms with E-state index in [1.807, 2.05) is 30.3 Å². The van der Waals surface area contributed by atoms with E-state index in [9.17, 15) is 0 Å². The van der Waals surface area contributed by atoms with Crippen molar-refractivity contribution in [2.24, 2.45) is 0 Å². The van der Waals surface area contributed by atoms with Crippen LogP contribution in [0, 0.1) is 0 Å². The molecule has 1 heterocycles. The van der Waals surface area contributed by atoms with Crippen LogP contribution in [0.4, 0.5) is 5.69 Å². The molecule has 3 aromatic rings. The lowest BCUT2D eigenvalue weighted by atomic mass is 10.2. The summed E-state index contributed by atoms with van der Waals surface area (Å²) in [4.78, 5) is 4.44. The zero-order valence-corrected chi connectivity index (χ0v) is 11.2. The number of nitrogen functional groups attached to an aromatic ring is 1. The maximum Gasteiger partial charge on any atom is 0.231 e. The summed E-state index contributed by atoms with van der Waals surface area (Å²) < 4.78 is 16.4. The number of anilines is 1. The minimum Gasteiger partial charge on any atom is -0.493 e. The van der Waals surface area contributed by atoms with Crippen molar-refractivity contribution in [3.63, 3.8) is 0 Å². The molecule has 0 aliphatic rings. The van der Waals surface area contributed by atoms with Crippen molar-refractivity contribution < 1.29 is 13.9 Å². The van der Waals surface area contributed by atoms with Crippen LogP contribution < -0.4 is 15.2 Å². The van der Waals surface area contributed by atoms with Gasteiger partial charge in [-0.2, -0.15) is 0 Å². The molecule has 5 nitrogen and oxygen atoms in total. The smallest absolute Gasteiger partial charge is 0.231 e. The Morgan fingerprint density at radius 1 is 1.05 bits per heavy atom. The van der Waals surface area contributed by atoms with E-state index in [-0.39, 0.29) is 0 Å². The lowest BCUT2D eigenvalue weighted by molar-refractivity contribution is 0.355. The quantitative estimate of drug-likeness (QED) is 0.740. The average molecular weight is 270 g/mol. The highest BCUT2D eigenvalue weighted by Gasteiger charge is 2.17. The molecule has 2 N–H and O–H groups in total. The summed E-state index contributed by atoms with van der Waals surface area (Å²) in [5.74, 6) is 1.66. The highest BCUT2D eigenvalue weighted by atomic mass is 16.5. The van der Waals surface area contributed by atoms with Gasteiger partial charge >= 0.3 is 0 Å². The maximum absolute atomic E-state index is 5.90. The summed E-state index contributed by atoms with van der Waals surface area (Å²) in [5.41, 5.74) is 8.49. The molecule has 0 spiro atoms. The average Bonchev–Trinajstić information content (AvgIpc) is 2.91. The third-order valence-corrected chi connectivity index (χ3v) is 3.08. The minimum absolute atomic E-state index is 0.452. The molecular weight excluding hydrogens is 256 g/mol. The van der Waals surface area contributed by atoms with Crippen LogP contribution in [0.2, 0.25) is 0 Å². The number of fused-ring (bicyclic) bond motifs is 1. The first-order valence-electron chi connectivity index (χ1n) is 6.11. The predicted octanol–water partition coefficient (Wildman–Crippen LogP) is 3.09. The number of aromatic nitrogens is 1. The predicted molar refractivity (Wildman–Crippen MR) is 77.0 cm³/mol. The number of nitrogens with zero attached hydrogens (tertiary/aromatic N) is 1. The van der Waals surface area contributed by atoms with Crippen LogP contribution in [-0.4, -0.2) is 19.2 Å². The van der Waals surface area contributed by atoms with Crippen LogP contribution in [0.5, 0.6) is 11.5 Å². The Balaban J connectivity index is 2.23. The van der Waals surface area contributed by atoms with E-state index in [0.717, 1.165) is 5.56 Å². The van der Waals surface area contributed by atoms with E-state index >= 15 is 0 Å². The minimum atomic E-state index is 0.452. The van der Waals surface area contributed by atoms with Gasteiger partial charge < -0.3 is 19.6 Å². The van der Waals surface area contributed by atoms with E-state index in [2.05, 4.69) is 4.98 Å². The first kappa shape index (κ1) is 12.3. The van der Waals surface area contributed by atoms with Gasteiger partial charge in [0.25, 0.3) is 0 Å². The molecule has 2 aromatic carbocycles. The van der Waals surface area contributed by atoms with Crippen molar-refractivity contribution >= 4 is 16.8 Å². The molecule has 5 heteroatoms. The van der Waals surface area contributed by atoms with Crippen molar-refractivity contribution in [1.82, 2.24) is 4.98 Å². The van der Waals surface area contributed by atoms with Crippen LogP contribution in [0.3, 0.4) is 0 Å². The van der Waals surface area contributed by atoms with Crippen molar-refractivity contribution in [3.8, 4) is 23.0 Å². The number of hydrogen-bond donors (Lipinski definition) is 1. The van der Waals surface area contributed by atoms with Crippen molar-refractivity contribution in [3.05, 3.63) is 36.4 Å². The van der Waals surface area contributed by atoms with E-state index in [4.69, 9.17) is 19.6 Å². The molecule has 0 unspecified atom stereocenters. The Morgan fingerprint density at radius 3 is 2.55 bits per heavy atom. The number of benzene rings is 2. The largest absolute Gasteiger partial charge is 0.493 e. The fourth-order valence-corrected chi connectivity index (χ4v) is 2.14. The van der Waals surface area contributed by atoms with Crippen LogP contribution in [-0.2, 0) is 0 Å². The van der Waals surface area contributed by atoms with Crippen LogP contribution in [0.25, 0.3) is 22.6 Å². The second-order valence-electron chi connectivity index (χ2n) is 4.25. The SMILES string of the molecule is COc1cccc(-c2nc3c(N)cccc3o2)c1OC. The number of nitrogens with two attached hydrogens (primary N) is 1. The molecule has 0 amide bonds. The lowest BCUT2D eigenvalue weighted by Crippen LogP contribution is -1.93. The standard InChI is InChI=1S/C15H14N2O3/c1-18-12-8-3-5-9(14(12)19-2)15-17-13-10(16)6-4-7-11(13)20-15/h3-8H,16H2,1-2H3. The number of hydrogen-bond acceptors (Lipinski definition) is 5. The molecule has 0 bridgehead atoms. The van der Waals surface area contributed by atoms with Crippen molar-refractivity contribution in [2.75, 3.05) is 20.0 Å². The van der Waals surface area contributed by atoms with E-state index in [1.165, 1.54) is 0 Å². The van der Waals surface area contributed by atoms with Crippen molar-refractivity contribution in [1.29, 1.82) is 0 Å². The molecule has 102 valence electrons. The molecule has 0 aliphatic heterocycles. The first-order valence-corrected chi connectivity index (χ1v) is 6.11. The molecule has 1 aromatic heterocycles. The molecule has 0 saturated carbocycles. The monoisotopic (exact) mass is 270 g/mol. The van der Waals surface area contributed by atoms with Crippen LogP contribution in [0.1, 0.15) is 0 Å². The molecule has 3 rings (SSSR count). The fraction of sp³-hybridized carbons (Fsp3) is 0.133. The molecule has 0 fully saturated rings. The second-order valence-corrected chi connectivity index (χ2v) is 4.25. The van der Waals surface area contributed by atoms with Gasteiger partial charge in [0.1, 0.15) is 5.52 Å². The molecule has 0 saturated heterocycles. The third kappa shape index (κ3) is 1.84. The van der Waals surface area contributed by atoms with Gasteiger partial charge in [-0.1, -0.05) is 12.1 Å². The topological polar surface area (TPSA) is 70.5 Å². The summed E-state index contributed by atoms with van der Waals surface area (Å²) in [5, 5.41) is 0. The van der Waals surface area contributed by atoms with E-state index < -0.39 is 0 Å². The maximum atomic E-state index is 5.90. The van der Waals surface area contributed by atoms with Gasteiger partial charge in [0.05, 0.1) is 25.5 Å². The number of para-hydroxylation sites is 2. The van der Waals surface area contributed by atoms with E-state index in [1.54, 1.807) is 20.3 Å². The highest BCUT2D eigenvalue weighted by molar-refractivity contribution is 5.87. The van der Waals surface area contributed by atoms with Gasteiger partial charge in [0.15, 0.2) is 17.1 Å². The summed E-state index contributed by atoms with van der Waals surface area (Å²) in [7, 11) is 3.17. The third-order valence-electron chi connectivity index (χ3n) is 3.08. The fourth-order valence-electron chi connectivity index (χ4n) is 2.14. The Morgan fingerprint density at radius 2 is 1.85 bits per heavy atom. The molecule has 0 radical (unpaired) electrons. The summed E-state index contributed by atoms with van der Waals surface area (Å²) in [6.07, 6.45) is 0. The molecule has 0 atom stereocenters. The highest BCUT2D eigenvalue weighted by Crippen LogP contribution is 2.38. The molecule has 0 aliphatic carbocycles. The molecular formula is C15H14N2O3. The van der Waals surface area contributed by atoms with Gasteiger partial charge in [-0.05, 0) is 24.3 Å². The Bertz CT molecular complexity index is 765. The van der Waals surface area contributed by atoms with Gasteiger partial charge in [-0.15, -0.1) is 0 Å². The van der Waals surface area contributed by atoms with Gasteiger partial charge in [0, 0.05) is 0 Å². The van der Waals surface area contributed by atoms with Crippen molar-refractivity contribution in [2.45, 2.75) is 0 Å². The van der Waals surface area contributed by atoms with Gasteiger partial charge in [-0.25, -0.2) is 4.98 Å². The summed E-state index contributed by atoms with van der Waals surface area (Å²) >= 11 is 0. The van der Waals surface area contributed by atoms with Crippen LogP contribution >= 0.6 is 0 Å². The first-order chi connectivity index (χ1) is 9.74. The Labute approximate surface area is 115 Å². The second kappa shape index (κ2) is 4.77. The molecule has 20 heavy (non-hydrogen) atoms. The van der Waals surface area contributed by atoms with Crippen LogP contribution in [0.15, 0.2) is 40.8 Å². The summed E-state index contributed by atoms with van der Waals surface area (Å²) in [6, 6.07) is 11.0. The summed E-state index contributed by atoms with van der Waals surface area (Å²) in [6.45, 7) is 0. The van der Waals surface area contributed by atoms with Gasteiger partial charge in [0.2, 0.25) is 5.89 Å². The van der Waals surface area contributed by atoms with E-state index in [0.29, 0.717) is 34.2 Å². The number of ether oxygens (including phenoxy) is 2. The van der Waals surface area contributed by atoms with Gasteiger partial charge in [-0.3, -0.25) is 0 Å². The normalized spacial score (nSPS) is 10.7. The Kier molecular flexibility index (Phi) is 2.95. The number of methoxy groups -OCH3 is 2. The Hall–Kier alpha value is -2.69.